The molecule has 0 bridgehead atoms. The molecule has 0 aromatic rings. The number of esters is 1. The van der Waals surface area contributed by atoms with E-state index in [1.807, 2.05) is 0 Å². The van der Waals surface area contributed by atoms with E-state index < -0.39 is 0 Å². The lowest BCUT2D eigenvalue weighted by atomic mass is 10.1. The number of allylic oxidation sites excluding steroid dienone is 2. The molecule has 0 saturated heterocycles. The Bertz CT molecular complexity index is 281. The Labute approximate surface area is 138 Å². The maximum absolute atomic E-state index is 10.8. The molecular formula is C20H36O2. The van der Waals surface area contributed by atoms with Crippen LogP contribution in [0.5, 0.6) is 0 Å². The van der Waals surface area contributed by atoms with Crippen LogP contribution in [0, 0.1) is 0 Å². The van der Waals surface area contributed by atoms with Gasteiger partial charge < -0.3 is 4.74 Å². The van der Waals surface area contributed by atoms with Crippen molar-refractivity contribution in [1.29, 1.82) is 0 Å². The van der Waals surface area contributed by atoms with E-state index in [1.54, 1.807) is 0 Å². The molecule has 0 N–H and O–H groups in total. The Morgan fingerprint density at radius 1 is 0.818 bits per heavy atom. The highest BCUT2D eigenvalue weighted by Crippen LogP contribution is 2.11. The van der Waals surface area contributed by atoms with Crippen LogP contribution in [0.25, 0.3) is 0 Å². The minimum absolute atomic E-state index is 0.325. The van der Waals surface area contributed by atoms with Crippen LogP contribution in [-0.2, 0) is 9.53 Å². The summed E-state index contributed by atoms with van der Waals surface area (Å²) in [5, 5.41) is 0. The van der Waals surface area contributed by atoms with E-state index in [0.29, 0.717) is 6.61 Å². The predicted octanol–water partition coefficient (Wildman–Crippen LogP) is 6.36. The van der Waals surface area contributed by atoms with E-state index >= 15 is 0 Å². The van der Waals surface area contributed by atoms with Gasteiger partial charge in [-0.25, -0.2) is 4.79 Å². The fourth-order valence-electron chi connectivity index (χ4n) is 2.42. The van der Waals surface area contributed by atoms with Gasteiger partial charge in [-0.05, 0) is 25.7 Å². The molecule has 0 unspecified atom stereocenters. The van der Waals surface area contributed by atoms with Gasteiger partial charge in [0.25, 0.3) is 0 Å². The van der Waals surface area contributed by atoms with Crippen molar-refractivity contribution in [3.8, 4) is 0 Å². The van der Waals surface area contributed by atoms with Gasteiger partial charge >= 0.3 is 5.97 Å². The zero-order valence-electron chi connectivity index (χ0n) is 14.7. The quantitative estimate of drug-likeness (QED) is 0.143. The van der Waals surface area contributed by atoms with Crippen molar-refractivity contribution in [1.82, 2.24) is 0 Å². The average Bonchev–Trinajstić information content (AvgIpc) is 2.54. The molecule has 0 heterocycles. The van der Waals surface area contributed by atoms with Crippen molar-refractivity contribution in [2.45, 2.75) is 90.4 Å². The first-order valence-corrected chi connectivity index (χ1v) is 9.25. The number of ether oxygens (including phenoxy) is 1. The molecule has 0 saturated carbocycles. The van der Waals surface area contributed by atoms with Crippen LogP contribution in [0.2, 0.25) is 0 Å². The van der Waals surface area contributed by atoms with Gasteiger partial charge in [0.1, 0.15) is 0 Å². The van der Waals surface area contributed by atoms with Gasteiger partial charge in [0.05, 0.1) is 6.61 Å². The Morgan fingerprint density at radius 3 is 1.86 bits per heavy atom. The molecule has 0 aromatic carbocycles. The van der Waals surface area contributed by atoms with E-state index in [2.05, 4.69) is 25.7 Å². The minimum Gasteiger partial charge on any atom is -0.463 e. The highest BCUT2D eigenvalue weighted by molar-refractivity contribution is 5.81. The summed E-state index contributed by atoms with van der Waals surface area (Å²) in [6, 6.07) is 0. The van der Waals surface area contributed by atoms with E-state index in [0.717, 1.165) is 12.8 Å². The number of hydrogen-bond acceptors (Lipinski definition) is 2. The smallest absolute Gasteiger partial charge is 0.330 e. The zero-order valence-corrected chi connectivity index (χ0v) is 14.7. The number of rotatable bonds is 16. The van der Waals surface area contributed by atoms with Gasteiger partial charge in [0.2, 0.25) is 0 Å². The maximum Gasteiger partial charge on any atom is 0.330 e. The summed E-state index contributed by atoms with van der Waals surface area (Å²) in [4.78, 5) is 10.8. The second-order valence-electron chi connectivity index (χ2n) is 5.96. The molecule has 2 nitrogen and oxygen atoms in total. The van der Waals surface area contributed by atoms with E-state index in [1.165, 1.54) is 76.7 Å². The Kier molecular flexibility index (Phi) is 17.1. The van der Waals surface area contributed by atoms with Gasteiger partial charge in [0.15, 0.2) is 0 Å². The van der Waals surface area contributed by atoms with Crippen molar-refractivity contribution < 1.29 is 9.53 Å². The van der Waals surface area contributed by atoms with Crippen LogP contribution in [0.15, 0.2) is 24.8 Å². The highest BCUT2D eigenvalue weighted by atomic mass is 16.5. The molecule has 0 fully saturated rings. The average molecular weight is 309 g/mol. The molecule has 2 heteroatoms. The molecule has 0 aliphatic rings. The van der Waals surface area contributed by atoms with Gasteiger partial charge in [-0.15, -0.1) is 0 Å². The Hall–Kier alpha value is -1.05. The first kappa shape index (κ1) is 20.9. The standard InChI is InChI=1S/C20H36O2/c1-3-5-6-7-8-9-10-11-12-13-14-15-16-17-18-19-22-20(21)4-2/h4,15-16H,2-3,5-14,17-19H2,1H3/b16-15+. The summed E-state index contributed by atoms with van der Waals surface area (Å²) < 4.78 is 4.91. The Balaban J connectivity index is 3.11. The normalized spacial score (nSPS) is 11.0. The molecule has 128 valence electrons. The largest absolute Gasteiger partial charge is 0.463 e. The van der Waals surface area contributed by atoms with Crippen molar-refractivity contribution in [3.63, 3.8) is 0 Å². The molecule has 0 radical (unpaired) electrons. The molecule has 0 amide bonds. The van der Waals surface area contributed by atoms with E-state index in [9.17, 15) is 4.79 Å². The second kappa shape index (κ2) is 18.0. The zero-order chi connectivity index (χ0) is 16.3. The van der Waals surface area contributed by atoms with E-state index in [-0.39, 0.29) is 5.97 Å². The maximum atomic E-state index is 10.8. The van der Waals surface area contributed by atoms with E-state index in [4.69, 9.17) is 4.74 Å². The van der Waals surface area contributed by atoms with Crippen LogP contribution in [0.1, 0.15) is 90.4 Å². The molecule has 0 rings (SSSR count). The molecule has 0 aliphatic heterocycles. The van der Waals surface area contributed by atoms with Crippen molar-refractivity contribution >= 4 is 5.97 Å². The summed E-state index contributed by atoms with van der Waals surface area (Å²) in [7, 11) is 0. The number of hydrogen-bond donors (Lipinski definition) is 0. The second-order valence-corrected chi connectivity index (χ2v) is 5.96. The Morgan fingerprint density at radius 2 is 1.32 bits per heavy atom. The number of carbonyl (C=O) groups excluding carboxylic acids is 1. The first-order chi connectivity index (χ1) is 10.8. The molecular weight excluding hydrogens is 272 g/mol. The van der Waals surface area contributed by atoms with Gasteiger partial charge in [-0.3, -0.25) is 0 Å². The topological polar surface area (TPSA) is 26.3 Å². The number of unbranched alkanes of at least 4 members (excludes halogenated alkanes) is 11. The third kappa shape index (κ3) is 17.0. The predicted molar refractivity (Wildman–Crippen MR) is 96.0 cm³/mol. The summed E-state index contributed by atoms with van der Waals surface area (Å²) in [6.45, 7) is 6.13. The van der Waals surface area contributed by atoms with Gasteiger partial charge in [-0.1, -0.05) is 83.4 Å². The van der Waals surface area contributed by atoms with Crippen LogP contribution in [0.4, 0.5) is 0 Å². The highest BCUT2D eigenvalue weighted by Gasteiger charge is 1.93. The van der Waals surface area contributed by atoms with Gasteiger partial charge in [-0.2, -0.15) is 0 Å². The fraction of sp³-hybridized carbons (Fsp3) is 0.750. The lowest BCUT2D eigenvalue weighted by Gasteiger charge is -2.01. The number of carbonyl (C=O) groups is 1. The van der Waals surface area contributed by atoms with Crippen molar-refractivity contribution in [2.24, 2.45) is 0 Å². The molecule has 22 heavy (non-hydrogen) atoms. The van der Waals surface area contributed by atoms with Crippen LogP contribution >= 0.6 is 0 Å². The summed E-state index contributed by atoms with van der Waals surface area (Å²) in [6.07, 6.45) is 22.6. The van der Waals surface area contributed by atoms with Crippen LogP contribution in [-0.4, -0.2) is 12.6 Å². The third-order valence-corrected chi connectivity index (χ3v) is 3.82. The summed E-state index contributed by atoms with van der Waals surface area (Å²) >= 11 is 0. The lowest BCUT2D eigenvalue weighted by Crippen LogP contribution is -2.00. The summed E-state index contributed by atoms with van der Waals surface area (Å²) in [5.74, 6) is -0.325. The summed E-state index contributed by atoms with van der Waals surface area (Å²) in [5.41, 5.74) is 0. The fourth-order valence-corrected chi connectivity index (χ4v) is 2.42. The first-order valence-electron chi connectivity index (χ1n) is 9.25. The van der Waals surface area contributed by atoms with Crippen molar-refractivity contribution in [3.05, 3.63) is 24.8 Å². The van der Waals surface area contributed by atoms with Crippen molar-refractivity contribution in [2.75, 3.05) is 6.61 Å². The third-order valence-electron chi connectivity index (χ3n) is 3.82. The van der Waals surface area contributed by atoms with Gasteiger partial charge in [0, 0.05) is 6.08 Å². The molecule has 0 aliphatic carbocycles. The monoisotopic (exact) mass is 308 g/mol. The van der Waals surface area contributed by atoms with Crippen LogP contribution < -0.4 is 0 Å². The molecule has 0 aromatic heterocycles. The minimum atomic E-state index is -0.325. The lowest BCUT2D eigenvalue weighted by molar-refractivity contribution is -0.137. The molecule has 0 atom stereocenters. The molecule has 0 spiro atoms. The van der Waals surface area contributed by atoms with Crippen LogP contribution in [0.3, 0.4) is 0 Å². The SMILES string of the molecule is C=CC(=O)OCCC/C=C/CCCCCCCCCCCC.